The molecule has 0 radical (unpaired) electrons. The summed E-state index contributed by atoms with van der Waals surface area (Å²) >= 11 is 0. The number of carbonyl (C=O) groups is 1. The van der Waals surface area contributed by atoms with Crippen molar-refractivity contribution in [3.8, 4) is 0 Å². The van der Waals surface area contributed by atoms with Crippen LogP contribution in [0.5, 0.6) is 0 Å². The van der Waals surface area contributed by atoms with Crippen molar-refractivity contribution in [1.82, 2.24) is 5.32 Å². The number of hydrogen-bond donors (Lipinski definition) is 3. The van der Waals surface area contributed by atoms with Gasteiger partial charge in [0.25, 0.3) is 0 Å². The minimum atomic E-state index is -0.0549. The molecule has 0 aliphatic rings. The lowest BCUT2D eigenvalue weighted by Gasteiger charge is -2.16. The first-order valence-electron chi connectivity index (χ1n) is 7.24. The van der Waals surface area contributed by atoms with Crippen LogP contribution in [0.3, 0.4) is 0 Å². The smallest absolute Gasteiger partial charge is 0.221 e. The molecule has 1 amide bonds. The summed E-state index contributed by atoms with van der Waals surface area (Å²) in [5, 5.41) is 15.2. The van der Waals surface area contributed by atoms with Gasteiger partial charge in [0.1, 0.15) is 0 Å². The van der Waals surface area contributed by atoms with Gasteiger partial charge in [0.15, 0.2) is 0 Å². The van der Waals surface area contributed by atoms with Crippen LogP contribution in [0.4, 0.5) is 5.69 Å². The van der Waals surface area contributed by atoms with Crippen LogP contribution in [0.25, 0.3) is 0 Å². The fourth-order valence-electron chi connectivity index (χ4n) is 2.07. The predicted octanol–water partition coefficient (Wildman–Crippen LogP) is 2.70. The van der Waals surface area contributed by atoms with E-state index in [9.17, 15) is 4.79 Å². The molecule has 0 aromatic heterocycles. The van der Waals surface area contributed by atoms with Crippen LogP contribution in [0.1, 0.15) is 45.2 Å². The van der Waals surface area contributed by atoms with Gasteiger partial charge in [0.2, 0.25) is 5.91 Å². The topological polar surface area (TPSA) is 61.4 Å². The third kappa shape index (κ3) is 6.17. The SMILES string of the molecule is CC(=O)Nc1cccc(C(C)NCCCC(C)CO)c1. The summed E-state index contributed by atoms with van der Waals surface area (Å²) in [5.74, 6) is 0.316. The Kier molecular flexibility index (Phi) is 7.26. The summed E-state index contributed by atoms with van der Waals surface area (Å²) in [4.78, 5) is 11.1. The van der Waals surface area contributed by atoms with E-state index in [0.29, 0.717) is 5.92 Å². The highest BCUT2D eigenvalue weighted by atomic mass is 16.3. The lowest BCUT2D eigenvalue weighted by molar-refractivity contribution is -0.114. The molecule has 1 rings (SSSR count). The van der Waals surface area contributed by atoms with E-state index in [1.165, 1.54) is 6.92 Å². The van der Waals surface area contributed by atoms with Crippen LogP contribution in [-0.4, -0.2) is 24.2 Å². The number of rotatable bonds is 8. The lowest BCUT2D eigenvalue weighted by atomic mass is 10.1. The molecule has 4 heteroatoms. The maximum atomic E-state index is 11.1. The Hall–Kier alpha value is -1.39. The Morgan fingerprint density at radius 2 is 2.10 bits per heavy atom. The summed E-state index contributed by atoms with van der Waals surface area (Å²) in [6.07, 6.45) is 2.08. The average Bonchev–Trinajstić information content (AvgIpc) is 2.42. The zero-order valence-electron chi connectivity index (χ0n) is 12.6. The van der Waals surface area contributed by atoms with Crippen LogP contribution in [0.15, 0.2) is 24.3 Å². The van der Waals surface area contributed by atoms with E-state index in [0.717, 1.165) is 30.6 Å². The number of aliphatic hydroxyl groups is 1. The first-order chi connectivity index (χ1) is 9.52. The van der Waals surface area contributed by atoms with Crippen molar-refractivity contribution >= 4 is 11.6 Å². The fourth-order valence-corrected chi connectivity index (χ4v) is 2.07. The highest BCUT2D eigenvalue weighted by molar-refractivity contribution is 5.88. The van der Waals surface area contributed by atoms with Crippen LogP contribution < -0.4 is 10.6 Å². The van der Waals surface area contributed by atoms with Gasteiger partial charge in [-0.05, 0) is 49.9 Å². The van der Waals surface area contributed by atoms with Crippen molar-refractivity contribution in [3.63, 3.8) is 0 Å². The molecule has 0 aliphatic carbocycles. The molecule has 0 fully saturated rings. The highest BCUT2D eigenvalue weighted by Gasteiger charge is 2.06. The van der Waals surface area contributed by atoms with Crippen LogP contribution in [0, 0.1) is 5.92 Å². The maximum absolute atomic E-state index is 11.1. The van der Waals surface area contributed by atoms with Gasteiger partial charge in [-0.15, -0.1) is 0 Å². The zero-order chi connectivity index (χ0) is 15.0. The minimum Gasteiger partial charge on any atom is -0.396 e. The Bertz CT molecular complexity index is 421. The third-order valence-electron chi connectivity index (χ3n) is 3.34. The van der Waals surface area contributed by atoms with Gasteiger partial charge in [-0.25, -0.2) is 0 Å². The van der Waals surface area contributed by atoms with E-state index in [1.807, 2.05) is 18.2 Å². The number of carbonyl (C=O) groups excluding carboxylic acids is 1. The van der Waals surface area contributed by atoms with Crippen molar-refractivity contribution in [1.29, 1.82) is 0 Å². The molecule has 0 saturated carbocycles. The molecule has 2 atom stereocenters. The van der Waals surface area contributed by atoms with E-state index in [1.54, 1.807) is 0 Å². The number of anilines is 1. The van der Waals surface area contributed by atoms with E-state index < -0.39 is 0 Å². The minimum absolute atomic E-state index is 0.0549. The van der Waals surface area contributed by atoms with Gasteiger partial charge in [0, 0.05) is 25.3 Å². The maximum Gasteiger partial charge on any atom is 0.221 e. The Morgan fingerprint density at radius 1 is 1.35 bits per heavy atom. The molecule has 4 nitrogen and oxygen atoms in total. The van der Waals surface area contributed by atoms with Gasteiger partial charge in [-0.2, -0.15) is 0 Å². The van der Waals surface area contributed by atoms with Gasteiger partial charge in [0.05, 0.1) is 0 Å². The standard InChI is InChI=1S/C16H26N2O2/c1-12(11-19)6-5-9-17-13(2)15-7-4-8-16(10-15)18-14(3)20/h4,7-8,10,12-13,17,19H,5-6,9,11H2,1-3H3,(H,18,20). The van der Waals surface area contributed by atoms with Crippen molar-refractivity contribution in [2.75, 3.05) is 18.5 Å². The van der Waals surface area contributed by atoms with Crippen molar-refractivity contribution in [3.05, 3.63) is 29.8 Å². The number of nitrogens with one attached hydrogen (secondary N) is 2. The second-order valence-corrected chi connectivity index (χ2v) is 5.41. The number of aliphatic hydroxyl groups excluding tert-OH is 1. The number of amides is 1. The molecular formula is C16H26N2O2. The van der Waals surface area contributed by atoms with Crippen LogP contribution in [0.2, 0.25) is 0 Å². The van der Waals surface area contributed by atoms with E-state index in [4.69, 9.17) is 5.11 Å². The summed E-state index contributed by atoms with van der Waals surface area (Å²) in [6, 6.07) is 8.13. The molecule has 1 aromatic carbocycles. The molecule has 112 valence electrons. The number of hydrogen-bond acceptors (Lipinski definition) is 3. The van der Waals surface area contributed by atoms with Crippen molar-refractivity contribution in [2.24, 2.45) is 5.92 Å². The zero-order valence-corrected chi connectivity index (χ0v) is 12.6. The van der Waals surface area contributed by atoms with Gasteiger partial charge in [-0.1, -0.05) is 19.1 Å². The molecular weight excluding hydrogens is 252 g/mol. The van der Waals surface area contributed by atoms with Gasteiger partial charge < -0.3 is 15.7 Å². The largest absolute Gasteiger partial charge is 0.396 e. The monoisotopic (exact) mass is 278 g/mol. The van der Waals surface area contributed by atoms with E-state index >= 15 is 0 Å². The molecule has 0 spiro atoms. The second-order valence-electron chi connectivity index (χ2n) is 5.41. The first kappa shape index (κ1) is 16.7. The van der Waals surface area contributed by atoms with E-state index in [-0.39, 0.29) is 18.6 Å². The lowest BCUT2D eigenvalue weighted by Crippen LogP contribution is -2.20. The predicted molar refractivity (Wildman–Crippen MR) is 82.6 cm³/mol. The average molecular weight is 278 g/mol. The number of benzene rings is 1. The fraction of sp³-hybridized carbons (Fsp3) is 0.562. The Balaban J connectivity index is 2.42. The van der Waals surface area contributed by atoms with Crippen LogP contribution in [-0.2, 0) is 4.79 Å². The normalized spacial score (nSPS) is 13.8. The Labute approximate surface area is 121 Å². The second kappa shape index (κ2) is 8.72. The summed E-state index contributed by atoms with van der Waals surface area (Å²) < 4.78 is 0. The van der Waals surface area contributed by atoms with Crippen molar-refractivity contribution < 1.29 is 9.90 Å². The van der Waals surface area contributed by atoms with Crippen LogP contribution >= 0.6 is 0 Å². The molecule has 20 heavy (non-hydrogen) atoms. The molecule has 0 saturated heterocycles. The molecule has 0 bridgehead atoms. The van der Waals surface area contributed by atoms with E-state index in [2.05, 4.69) is 30.5 Å². The van der Waals surface area contributed by atoms with Crippen molar-refractivity contribution in [2.45, 2.75) is 39.7 Å². The summed E-state index contributed by atoms with van der Waals surface area (Å²) in [5.41, 5.74) is 1.99. The summed E-state index contributed by atoms with van der Waals surface area (Å²) in [7, 11) is 0. The highest BCUT2D eigenvalue weighted by Crippen LogP contribution is 2.17. The molecule has 0 heterocycles. The Morgan fingerprint density at radius 3 is 2.75 bits per heavy atom. The third-order valence-corrected chi connectivity index (χ3v) is 3.34. The first-order valence-corrected chi connectivity index (χ1v) is 7.24. The molecule has 0 aliphatic heterocycles. The van der Waals surface area contributed by atoms with Gasteiger partial charge >= 0.3 is 0 Å². The molecule has 2 unspecified atom stereocenters. The molecule has 3 N–H and O–H groups in total. The summed E-state index contributed by atoms with van der Waals surface area (Å²) in [6.45, 7) is 6.86. The molecule has 1 aromatic rings. The van der Waals surface area contributed by atoms with Gasteiger partial charge in [-0.3, -0.25) is 4.79 Å². The quantitative estimate of drug-likeness (QED) is 0.641.